The Morgan fingerprint density at radius 3 is 2.60 bits per heavy atom. The molecule has 6 heteroatoms. The summed E-state index contributed by atoms with van der Waals surface area (Å²) >= 11 is 0. The van der Waals surface area contributed by atoms with Gasteiger partial charge in [-0.3, -0.25) is 9.10 Å². The molecular formula is C4H6N2O3S. The molecule has 0 saturated carbocycles. The summed E-state index contributed by atoms with van der Waals surface area (Å²) in [6, 6.07) is 0. The minimum absolute atomic E-state index is 0.613. The van der Waals surface area contributed by atoms with Crippen molar-refractivity contribution in [1.82, 2.24) is 9.03 Å². The van der Waals surface area contributed by atoms with Crippen molar-refractivity contribution >= 4 is 16.1 Å². The van der Waals surface area contributed by atoms with Gasteiger partial charge in [-0.25, -0.2) is 4.72 Å². The molecule has 0 aliphatic carbocycles. The Morgan fingerprint density at radius 1 is 1.60 bits per heavy atom. The number of amides is 1. The highest BCUT2D eigenvalue weighted by Gasteiger charge is 2.20. The first-order chi connectivity index (χ1) is 4.52. The van der Waals surface area contributed by atoms with E-state index < -0.39 is 16.1 Å². The van der Waals surface area contributed by atoms with Gasteiger partial charge in [-0.2, -0.15) is 8.42 Å². The highest BCUT2D eigenvalue weighted by molar-refractivity contribution is 7.87. The van der Waals surface area contributed by atoms with Gasteiger partial charge >= 0.3 is 10.2 Å². The van der Waals surface area contributed by atoms with Crippen molar-refractivity contribution < 1.29 is 13.2 Å². The van der Waals surface area contributed by atoms with E-state index in [0.717, 1.165) is 10.4 Å². The van der Waals surface area contributed by atoms with E-state index in [1.807, 2.05) is 0 Å². The summed E-state index contributed by atoms with van der Waals surface area (Å²) < 4.78 is 24.2. The lowest BCUT2D eigenvalue weighted by Gasteiger charge is -2.17. The fraction of sp³-hybridized carbons (Fsp3) is 0.250. The molecule has 1 rings (SSSR count). The first kappa shape index (κ1) is 7.07. The van der Waals surface area contributed by atoms with E-state index in [2.05, 4.69) is 0 Å². The zero-order chi connectivity index (χ0) is 7.78. The lowest BCUT2D eigenvalue weighted by atomic mass is 10.6. The van der Waals surface area contributed by atoms with Crippen LogP contribution in [0, 0.1) is 0 Å². The predicted octanol–water partition coefficient (Wildman–Crippen LogP) is -1.19. The third-order valence-electron chi connectivity index (χ3n) is 1.04. The Morgan fingerprint density at radius 2 is 2.20 bits per heavy atom. The lowest BCUT2D eigenvalue weighted by Crippen LogP contribution is -2.41. The number of nitrogens with one attached hydrogen (secondary N) is 1. The van der Waals surface area contributed by atoms with E-state index in [9.17, 15) is 13.2 Å². The number of carbonyl (C=O) groups excluding carboxylic acids is 1. The topological polar surface area (TPSA) is 66.5 Å². The molecule has 56 valence electrons. The summed E-state index contributed by atoms with van der Waals surface area (Å²) in [5, 5.41) is 0. The maximum absolute atomic E-state index is 10.7. The Bertz CT molecular complexity index is 279. The van der Waals surface area contributed by atoms with Crippen molar-refractivity contribution in [2.24, 2.45) is 0 Å². The Hall–Kier alpha value is -1.04. The quantitative estimate of drug-likeness (QED) is 0.487. The van der Waals surface area contributed by atoms with Gasteiger partial charge in [0.25, 0.3) is 5.91 Å². The smallest absolute Gasteiger partial charge is 0.269 e. The van der Waals surface area contributed by atoms with Crippen LogP contribution in [-0.2, 0) is 15.0 Å². The maximum Gasteiger partial charge on any atom is 0.325 e. The maximum atomic E-state index is 10.7. The van der Waals surface area contributed by atoms with Gasteiger partial charge in [0.1, 0.15) is 0 Å². The van der Waals surface area contributed by atoms with Gasteiger partial charge in [-0.15, -0.1) is 0 Å². The third kappa shape index (κ3) is 1.10. The molecule has 0 radical (unpaired) electrons. The molecule has 0 fully saturated rings. The van der Waals surface area contributed by atoms with Crippen LogP contribution in [0.2, 0.25) is 0 Å². The van der Waals surface area contributed by atoms with Gasteiger partial charge in [0.15, 0.2) is 0 Å². The summed E-state index contributed by atoms with van der Waals surface area (Å²) in [4.78, 5) is 10.4. The van der Waals surface area contributed by atoms with Gasteiger partial charge in [0, 0.05) is 19.3 Å². The predicted molar refractivity (Wildman–Crippen MR) is 34.0 cm³/mol. The summed E-state index contributed by atoms with van der Waals surface area (Å²) in [7, 11) is -2.23. The molecule has 0 aromatic heterocycles. The van der Waals surface area contributed by atoms with E-state index >= 15 is 0 Å². The first-order valence-electron chi connectivity index (χ1n) is 2.50. The van der Waals surface area contributed by atoms with Gasteiger partial charge in [0.2, 0.25) is 0 Å². The van der Waals surface area contributed by atoms with Gasteiger partial charge in [-0.05, 0) is 0 Å². The van der Waals surface area contributed by atoms with Crippen LogP contribution < -0.4 is 4.72 Å². The second-order valence-corrected chi connectivity index (χ2v) is 3.53. The molecule has 1 amide bonds. The molecule has 0 bridgehead atoms. The minimum Gasteiger partial charge on any atom is -0.269 e. The van der Waals surface area contributed by atoms with E-state index in [1.165, 1.54) is 13.2 Å². The highest BCUT2D eigenvalue weighted by Crippen LogP contribution is 1.99. The van der Waals surface area contributed by atoms with E-state index in [4.69, 9.17) is 0 Å². The zero-order valence-corrected chi connectivity index (χ0v) is 6.05. The molecule has 5 nitrogen and oxygen atoms in total. The fourth-order valence-corrected chi connectivity index (χ4v) is 1.17. The van der Waals surface area contributed by atoms with E-state index in [0.29, 0.717) is 0 Å². The molecule has 0 unspecified atom stereocenters. The number of hydrogen-bond acceptors (Lipinski definition) is 3. The molecule has 0 aromatic carbocycles. The summed E-state index contributed by atoms with van der Waals surface area (Å²) in [5.41, 5.74) is 0. The van der Waals surface area contributed by atoms with Crippen LogP contribution in [0.3, 0.4) is 0 Å². The van der Waals surface area contributed by atoms with Crippen LogP contribution in [0.15, 0.2) is 12.3 Å². The highest BCUT2D eigenvalue weighted by atomic mass is 32.2. The monoisotopic (exact) mass is 162 g/mol. The molecule has 0 atom stereocenters. The summed E-state index contributed by atoms with van der Waals surface area (Å²) in [6.07, 6.45) is 2.33. The van der Waals surface area contributed by atoms with Crippen LogP contribution in [0.1, 0.15) is 0 Å². The van der Waals surface area contributed by atoms with Gasteiger partial charge in [-0.1, -0.05) is 0 Å². The average molecular weight is 162 g/mol. The average Bonchev–Trinajstić information content (AvgIpc) is 1.78. The lowest BCUT2D eigenvalue weighted by molar-refractivity contribution is -0.115. The molecule has 0 aromatic rings. The van der Waals surface area contributed by atoms with Gasteiger partial charge in [0.05, 0.1) is 0 Å². The molecule has 1 aliphatic rings. The molecule has 1 aliphatic heterocycles. The minimum atomic E-state index is -3.56. The second kappa shape index (κ2) is 1.98. The third-order valence-corrected chi connectivity index (χ3v) is 2.38. The standard InChI is InChI=1S/C4H6N2O3S/c1-6-3-2-4(7)5-10(6,8)9/h2-3H,1H3,(H,5,7). The molecule has 0 spiro atoms. The fourth-order valence-electron chi connectivity index (χ4n) is 0.486. The zero-order valence-electron chi connectivity index (χ0n) is 5.23. The van der Waals surface area contributed by atoms with Gasteiger partial charge < -0.3 is 0 Å². The number of carbonyl (C=O) groups is 1. The first-order valence-corrected chi connectivity index (χ1v) is 3.94. The van der Waals surface area contributed by atoms with Crippen molar-refractivity contribution in [3.63, 3.8) is 0 Å². The molecular weight excluding hydrogens is 156 g/mol. The van der Waals surface area contributed by atoms with Crippen molar-refractivity contribution in [3.8, 4) is 0 Å². The van der Waals surface area contributed by atoms with Crippen molar-refractivity contribution in [2.45, 2.75) is 0 Å². The van der Waals surface area contributed by atoms with Crippen LogP contribution in [0.5, 0.6) is 0 Å². The number of hydrogen-bond donors (Lipinski definition) is 1. The van der Waals surface area contributed by atoms with Crippen molar-refractivity contribution in [2.75, 3.05) is 7.05 Å². The normalized spacial score (nSPS) is 22.5. The Balaban J connectivity index is 3.05. The summed E-state index contributed by atoms with van der Waals surface area (Å²) in [5.74, 6) is -0.613. The molecule has 1 heterocycles. The SMILES string of the molecule is CN1C=CC(=O)NS1(=O)=O. The van der Waals surface area contributed by atoms with E-state index in [1.54, 1.807) is 4.72 Å². The molecule has 10 heavy (non-hydrogen) atoms. The Kier molecular flexibility index (Phi) is 1.40. The summed E-state index contributed by atoms with van der Waals surface area (Å²) in [6.45, 7) is 0. The van der Waals surface area contributed by atoms with Crippen LogP contribution in [0.4, 0.5) is 0 Å². The van der Waals surface area contributed by atoms with Crippen molar-refractivity contribution in [3.05, 3.63) is 12.3 Å². The van der Waals surface area contributed by atoms with Crippen LogP contribution in [-0.4, -0.2) is 25.7 Å². The van der Waals surface area contributed by atoms with Crippen LogP contribution >= 0.6 is 0 Å². The largest absolute Gasteiger partial charge is 0.325 e. The van der Waals surface area contributed by atoms with E-state index in [-0.39, 0.29) is 0 Å². The number of nitrogens with zero attached hydrogens (tertiary/aromatic N) is 1. The second-order valence-electron chi connectivity index (χ2n) is 1.80. The van der Waals surface area contributed by atoms with Crippen molar-refractivity contribution in [1.29, 1.82) is 0 Å². The Labute approximate surface area is 58.5 Å². The number of rotatable bonds is 0. The molecule has 0 saturated heterocycles. The molecule has 1 N–H and O–H groups in total. The van der Waals surface area contributed by atoms with Crippen LogP contribution in [0.25, 0.3) is 0 Å².